The smallest absolute Gasteiger partial charge is 0.255 e. The van der Waals surface area contributed by atoms with Crippen LogP contribution in [0.2, 0.25) is 5.02 Å². The summed E-state index contributed by atoms with van der Waals surface area (Å²) in [5.41, 5.74) is 4.55. The highest BCUT2D eigenvalue weighted by molar-refractivity contribution is 6.35. The van der Waals surface area contributed by atoms with Crippen molar-refractivity contribution in [2.45, 2.75) is 19.8 Å². The highest BCUT2D eigenvalue weighted by Gasteiger charge is 2.11. The van der Waals surface area contributed by atoms with Crippen LogP contribution in [0.3, 0.4) is 0 Å². The minimum Gasteiger partial charge on any atom is -0.334 e. The average molecular weight is 444 g/mol. The molecule has 0 aliphatic rings. The molecule has 160 valence electrons. The summed E-state index contributed by atoms with van der Waals surface area (Å²) in [6.45, 7) is 4.22. The number of rotatable bonds is 6. The number of ketones is 1. The monoisotopic (exact) mass is 443 g/mol. The predicted octanol–water partition coefficient (Wildman–Crippen LogP) is 6.49. The van der Waals surface area contributed by atoms with E-state index < -0.39 is 0 Å². The van der Waals surface area contributed by atoms with Gasteiger partial charge in [0.1, 0.15) is 0 Å². The summed E-state index contributed by atoms with van der Waals surface area (Å²) in [6.07, 6.45) is 3.13. The first-order valence-electron chi connectivity index (χ1n) is 10.3. The molecule has 0 spiro atoms. The number of carbonyl (C=O) groups is 2. The Morgan fingerprint density at radius 3 is 2.50 bits per heavy atom. The van der Waals surface area contributed by atoms with E-state index in [2.05, 4.69) is 29.1 Å². The van der Waals surface area contributed by atoms with Crippen LogP contribution < -0.4 is 5.32 Å². The first kappa shape index (κ1) is 21.5. The van der Waals surface area contributed by atoms with Crippen molar-refractivity contribution in [3.63, 3.8) is 0 Å². The number of allylic oxidation sites excluding steroid dienone is 1. The van der Waals surface area contributed by atoms with E-state index in [1.165, 1.54) is 11.6 Å². The molecule has 6 heteroatoms. The lowest BCUT2D eigenvalue weighted by Gasteiger charge is -2.09. The molecule has 5 nitrogen and oxygen atoms in total. The van der Waals surface area contributed by atoms with E-state index in [4.69, 9.17) is 11.6 Å². The fourth-order valence-electron chi connectivity index (χ4n) is 3.29. The van der Waals surface area contributed by atoms with Crippen LogP contribution in [-0.2, 0) is 0 Å². The Hall–Kier alpha value is -3.70. The number of hydrogen-bond acceptors (Lipinski definition) is 3. The molecule has 0 aliphatic heterocycles. The lowest BCUT2D eigenvalue weighted by molar-refractivity contribution is 0.102. The molecule has 0 saturated carbocycles. The number of fused-ring (bicyclic) bond motifs is 1. The molecule has 0 unspecified atom stereocenters. The Kier molecular flexibility index (Phi) is 6.19. The summed E-state index contributed by atoms with van der Waals surface area (Å²) in [5.74, 6) is 0.168. The van der Waals surface area contributed by atoms with Crippen molar-refractivity contribution in [1.29, 1.82) is 0 Å². The number of aromatic nitrogens is 2. The quantitative estimate of drug-likeness (QED) is 0.264. The standard InChI is InChI=1S/C26H22ClN3O2/c1-16(2)19-5-3-6-20(15-19)28-26(32)18-12-9-17(10-13-18)11-14-23(31)25-29-22-8-4-7-21(27)24(22)30-25/h3-16H,1-2H3,(H,28,32)(H,29,30). The second-order valence-corrected chi connectivity index (χ2v) is 8.18. The summed E-state index contributed by atoms with van der Waals surface area (Å²) in [7, 11) is 0. The maximum atomic E-state index is 12.6. The van der Waals surface area contributed by atoms with Crippen LogP contribution >= 0.6 is 11.6 Å². The second kappa shape index (κ2) is 9.20. The maximum absolute atomic E-state index is 12.6. The molecule has 32 heavy (non-hydrogen) atoms. The largest absolute Gasteiger partial charge is 0.334 e. The third kappa shape index (κ3) is 4.79. The lowest BCUT2D eigenvalue weighted by Crippen LogP contribution is -2.12. The van der Waals surface area contributed by atoms with E-state index in [0.717, 1.165) is 11.3 Å². The van der Waals surface area contributed by atoms with Crippen LogP contribution in [0.4, 0.5) is 5.69 Å². The average Bonchev–Trinajstić information content (AvgIpc) is 3.24. The van der Waals surface area contributed by atoms with Gasteiger partial charge in [0.2, 0.25) is 5.78 Å². The molecule has 0 saturated heterocycles. The molecule has 1 aromatic heterocycles. The van der Waals surface area contributed by atoms with Gasteiger partial charge in [0.25, 0.3) is 5.91 Å². The number of para-hydroxylation sites is 1. The Balaban J connectivity index is 1.43. The third-order valence-corrected chi connectivity index (χ3v) is 5.43. The molecule has 0 atom stereocenters. The number of hydrogen-bond donors (Lipinski definition) is 2. The number of benzene rings is 3. The number of aromatic amines is 1. The number of anilines is 1. The van der Waals surface area contributed by atoms with Crippen LogP contribution in [-0.4, -0.2) is 21.7 Å². The summed E-state index contributed by atoms with van der Waals surface area (Å²) in [4.78, 5) is 32.3. The van der Waals surface area contributed by atoms with Crippen molar-refractivity contribution >= 4 is 46.1 Å². The zero-order valence-electron chi connectivity index (χ0n) is 17.7. The van der Waals surface area contributed by atoms with Gasteiger partial charge < -0.3 is 10.3 Å². The molecule has 3 aromatic carbocycles. The lowest BCUT2D eigenvalue weighted by atomic mass is 10.0. The SMILES string of the molecule is CC(C)c1cccc(NC(=O)c2ccc(C=CC(=O)c3nc4cccc(Cl)c4[nH]3)cc2)c1. The summed E-state index contributed by atoms with van der Waals surface area (Å²) in [6, 6.07) is 20.2. The number of nitrogens with zero attached hydrogens (tertiary/aromatic N) is 1. The number of nitrogens with one attached hydrogen (secondary N) is 2. The zero-order valence-corrected chi connectivity index (χ0v) is 18.5. The van der Waals surface area contributed by atoms with Gasteiger partial charge in [0.05, 0.1) is 16.1 Å². The number of H-pyrrole nitrogens is 1. The van der Waals surface area contributed by atoms with Crippen molar-refractivity contribution in [2.75, 3.05) is 5.32 Å². The van der Waals surface area contributed by atoms with E-state index in [1.807, 2.05) is 24.3 Å². The van der Waals surface area contributed by atoms with E-state index in [0.29, 0.717) is 27.5 Å². The third-order valence-electron chi connectivity index (χ3n) is 5.11. The Labute approximate surface area is 191 Å². The van der Waals surface area contributed by atoms with Crippen molar-refractivity contribution in [3.05, 3.63) is 100 Å². The van der Waals surface area contributed by atoms with Crippen molar-refractivity contribution < 1.29 is 9.59 Å². The second-order valence-electron chi connectivity index (χ2n) is 7.77. The van der Waals surface area contributed by atoms with Crippen LogP contribution in [0.15, 0.2) is 72.8 Å². The summed E-state index contributed by atoms with van der Waals surface area (Å²) >= 11 is 6.13. The summed E-state index contributed by atoms with van der Waals surface area (Å²) < 4.78 is 0. The fraction of sp³-hybridized carbons (Fsp3) is 0.115. The molecular formula is C26H22ClN3O2. The topological polar surface area (TPSA) is 74.8 Å². The van der Waals surface area contributed by atoms with Crippen LogP contribution in [0.5, 0.6) is 0 Å². The molecule has 0 radical (unpaired) electrons. The highest BCUT2D eigenvalue weighted by Crippen LogP contribution is 2.22. The van der Waals surface area contributed by atoms with Gasteiger partial charge in [-0.25, -0.2) is 4.98 Å². The Morgan fingerprint density at radius 1 is 1.03 bits per heavy atom. The number of amides is 1. The first-order chi connectivity index (χ1) is 15.4. The molecule has 4 aromatic rings. The first-order valence-corrected chi connectivity index (χ1v) is 10.7. The van der Waals surface area contributed by atoms with E-state index in [-0.39, 0.29) is 17.5 Å². The maximum Gasteiger partial charge on any atom is 0.255 e. The van der Waals surface area contributed by atoms with Crippen molar-refractivity contribution in [1.82, 2.24) is 9.97 Å². The molecule has 0 bridgehead atoms. The van der Waals surface area contributed by atoms with Gasteiger partial charge in [0, 0.05) is 11.3 Å². The molecule has 1 amide bonds. The fourth-order valence-corrected chi connectivity index (χ4v) is 3.51. The molecule has 0 fully saturated rings. The number of imidazole rings is 1. The summed E-state index contributed by atoms with van der Waals surface area (Å²) in [5, 5.41) is 3.44. The van der Waals surface area contributed by atoms with Crippen LogP contribution in [0.1, 0.15) is 51.9 Å². The minimum absolute atomic E-state index is 0.184. The van der Waals surface area contributed by atoms with E-state index in [9.17, 15) is 9.59 Å². The Morgan fingerprint density at radius 2 is 1.78 bits per heavy atom. The van der Waals surface area contributed by atoms with E-state index >= 15 is 0 Å². The van der Waals surface area contributed by atoms with Crippen molar-refractivity contribution in [2.24, 2.45) is 0 Å². The van der Waals surface area contributed by atoms with Crippen LogP contribution in [0, 0.1) is 0 Å². The molecule has 1 heterocycles. The minimum atomic E-state index is -0.260. The number of halogens is 1. The zero-order chi connectivity index (χ0) is 22.7. The molecule has 0 aliphatic carbocycles. The highest BCUT2D eigenvalue weighted by atomic mass is 35.5. The van der Waals surface area contributed by atoms with E-state index in [1.54, 1.807) is 48.5 Å². The Bertz CT molecular complexity index is 1320. The molecule has 4 rings (SSSR count). The van der Waals surface area contributed by atoms with Gasteiger partial charge >= 0.3 is 0 Å². The van der Waals surface area contributed by atoms with Gasteiger partial charge in [-0.05, 0) is 59.5 Å². The molecule has 2 N–H and O–H groups in total. The van der Waals surface area contributed by atoms with Crippen molar-refractivity contribution in [3.8, 4) is 0 Å². The molecular weight excluding hydrogens is 422 g/mol. The van der Waals surface area contributed by atoms with Gasteiger partial charge in [-0.1, -0.05) is 61.9 Å². The van der Waals surface area contributed by atoms with Gasteiger partial charge in [-0.2, -0.15) is 0 Å². The predicted molar refractivity (Wildman–Crippen MR) is 129 cm³/mol. The normalized spacial score (nSPS) is 11.4. The van der Waals surface area contributed by atoms with Gasteiger partial charge in [-0.3, -0.25) is 9.59 Å². The van der Waals surface area contributed by atoms with Gasteiger partial charge in [0.15, 0.2) is 5.82 Å². The number of carbonyl (C=O) groups excluding carboxylic acids is 2. The van der Waals surface area contributed by atoms with Crippen LogP contribution in [0.25, 0.3) is 17.1 Å². The van der Waals surface area contributed by atoms with Gasteiger partial charge in [-0.15, -0.1) is 0 Å².